The van der Waals surface area contributed by atoms with Crippen LogP contribution in [0.1, 0.15) is 12.8 Å². The normalized spacial score (nSPS) is 13.6. The number of methoxy groups -OCH3 is 1. The van der Waals surface area contributed by atoms with Gasteiger partial charge in [-0.2, -0.15) is 0 Å². The summed E-state index contributed by atoms with van der Waals surface area (Å²) in [4.78, 5) is 9.30. The van der Waals surface area contributed by atoms with Gasteiger partial charge in [0, 0.05) is 23.9 Å². The van der Waals surface area contributed by atoms with Crippen molar-refractivity contribution in [1.29, 1.82) is 0 Å². The van der Waals surface area contributed by atoms with E-state index in [9.17, 15) is 0 Å². The fraction of sp³-hybridized carbons (Fsp3) is 0.217. The summed E-state index contributed by atoms with van der Waals surface area (Å²) in [5.41, 5.74) is 4.41. The van der Waals surface area contributed by atoms with Gasteiger partial charge in [0.1, 0.15) is 16.6 Å². The van der Waals surface area contributed by atoms with Gasteiger partial charge in [0.25, 0.3) is 0 Å². The Labute approximate surface area is 168 Å². The standard InChI is InChI=1S/C23H21N3OS/c1-27-19-9-10-20-21(12-19)28-23(26-20)17-6-4-16(5-7-17)18-8-11-22(25-14-18)24-13-15-2-3-15/h4-12,14-15H,2-3,13H2,1H3,(H,24,25). The highest BCUT2D eigenvalue weighted by molar-refractivity contribution is 7.21. The molecule has 1 N–H and O–H groups in total. The maximum absolute atomic E-state index is 5.31. The average Bonchev–Trinajstić information content (AvgIpc) is 3.49. The van der Waals surface area contributed by atoms with Gasteiger partial charge in [-0.3, -0.25) is 0 Å². The smallest absolute Gasteiger partial charge is 0.125 e. The highest BCUT2D eigenvalue weighted by atomic mass is 32.1. The van der Waals surface area contributed by atoms with Crippen molar-refractivity contribution >= 4 is 27.4 Å². The predicted molar refractivity (Wildman–Crippen MR) is 116 cm³/mol. The maximum atomic E-state index is 5.31. The van der Waals surface area contributed by atoms with E-state index in [2.05, 4.69) is 46.7 Å². The Morgan fingerprint density at radius 2 is 1.79 bits per heavy atom. The molecule has 5 rings (SSSR count). The van der Waals surface area contributed by atoms with Gasteiger partial charge in [-0.15, -0.1) is 11.3 Å². The molecule has 0 atom stereocenters. The molecule has 4 nitrogen and oxygen atoms in total. The van der Waals surface area contributed by atoms with Crippen LogP contribution in [0.15, 0.2) is 60.8 Å². The Balaban J connectivity index is 1.34. The van der Waals surface area contributed by atoms with Crippen molar-refractivity contribution in [2.75, 3.05) is 19.0 Å². The van der Waals surface area contributed by atoms with Crippen LogP contribution in [-0.2, 0) is 0 Å². The van der Waals surface area contributed by atoms with E-state index in [0.29, 0.717) is 0 Å². The number of rotatable bonds is 6. The highest BCUT2D eigenvalue weighted by Gasteiger charge is 2.20. The first-order chi connectivity index (χ1) is 13.8. The molecule has 1 aliphatic carbocycles. The number of benzene rings is 2. The van der Waals surface area contributed by atoms with E-state index in [1.807, 2.05) is 24.4 Å². The van der Waals surface area contributed by atoms with Crippen molar-refractivity contribution in [3.8, 4) is 27.4 Å². The Bertz CT molecular complexity index is 1100. The van der Waals surface area contributed by atoms with E-state index < -0.39 is 0 Å². The average molecular weight is 388 g/mol. The van der Waals surface area contributed by atoms with Gasteiger partial charge in [-0.05, 0) is 54.7 Å². The van der Waals surface area contributed by atoms with Gasteiger partial charge >= 0.3 is 0 Å². The number of thiazole rings is 1. The minimum absolute atomic E-state index is 0.845. The molecular formula is C23H21N3OS. The molecule has 140 valence electrons. The number of fused-ring (bicyclic) bond motifs is 1. The van der Waals surface area contributed by atoms with E-state index in [0.717, 1.165) is 55.9 Å². The third-order valence-electron chi connectivity index (χ3n) is 5.09. The van der Waals surface area contributed by atoms with Crippen LogP contribution in [0.5, 0.6) is 5.75 Å². The fourth-order valence-electron chi connectivity index (χ4n) is 3.20. The Hall–Kier alpha value is -2.92. The second-order valence-corrected chi connectivity index (χ2v) is 8.22. The first kappa shape index (κ1) is 17.2. The molecule has 5 heteroatoms. The van der Waals surface area contributed by atoms with Gasteiger partial charge < -0.3 is 10.1 Å². The first-order valence-electron chi connectivity index (χ1n) is 9.54. The zero-order chi connectivity index (χ0) is 18.9. The molecule has 0 saturated heterocycles. The summed E-state index contributed by atoms with van der Waals surface area (Å²) in [5.74, 6) is 2.66. The Kier molecular flexibility index (Phi) is 4.45. The van der Waals surface area contributed by atoms with Crippen LogP contribution in [0, 0.1) is 5.92 Å². The second-order valence-electron chi connectivity index (χ2n) is 7.19. The minimum Gasteiger partial charge on any atom is -0.497 e. The number of anilines is 1. The van der Waals surface area contributed by atoms with Crippen LogP contribution in [0.4, 0.5) is 5.82 Å². The maximum Gasteiger partial charge on any atom is 0.125 e. The molecule has 1 aliphatic rings. The topological polar surface area (TPSA) is 47.0 Å². The number of nitrogens with zero attached hydrogens (tertiary/aromatic N) is 2. The monoisotopic (exact) mass is 387 g/mol. The molecule has 0 unspecified atom stereocenters. The van der Waals surface area contributed by atoms with Crippen molar-refractivity contribution in [2.45, 2.75) is 12.8 Å². The highest BCUT2D eigenvalue weighted by Crippen LogP contribution is 2.33. The molecule has 2 aromatic heterocycles. The summed E-state index contributed by atoms with van der Waals surface area (Å²) < 4.78 is 6.44. The quantitative estimate of drug-likeness (QED) is 0.450. The van der Waals surface area contributed by atoms with Crippen LogP contribution in [0.2, 0.25) is 0 Å². The lowest BCUT2D eigenvalue weighted by Crippen LogP contribution is -2.04. The zero-order valence-electron chi connectivity index (χ0n) is 15.7. The summed E-state index contributed by atoms with van der Waals surface area (Å²) in [7, 11) is 1.69. The van der Waals surface area contributed by atoms with E-state index in [1.54, 1.807) is 18.4 Å². The third kappa shape index (κ3) is 3.58. The SMILES string of the molecule is COc1ccc2nc(-c3ccc(-c4ccc(NCC5CC5)nc4)cc3)sc2c1. The summed E-state index contributed by atoms with van der Waals surface area (Å²) >= 11 is 1.68. The zero-order valence-corrected chi connectivity index (χ0v) is 16.5. The number of pyridine rings is 1. The minimum atomic E-state index is 0.845. The molecule has 1 saturated carbocycles. The molecule has 28 heavy (non-hydrogen) atoms. The van der Waals surface area contributed by atoms with Crippen LogP contribution in [0.3, 0.4) is 0 Å². The summed E-state index contributed by atoms with van der Waals surface area (Å²) in [6.07, 6.45) is 4.63. The van der Waals surface area contributed by atoms with Gasteiger partial charge in [-0.25, -0.2) is 9.97 Å². The van der Waals surface area contributed by atoms with E-state index in [4.69, 9.17) is 9.72 Å². The third-order valence-corrected chi connectivity index (χ3v) is 6.16. The molecule has 0 bridgehead atoms. The molecular weight excluding hydrogens is 366 g/mol. The van der Waals surface area contributed by atoms with Crippen LogP contribution in [-0.4, -0.2) is 23.6 Å². The summed E-state index contributed by atoms with van der Waals surface area (Å²) in [6.45, 7) is 1.04. The van der Waals surface area contributed by atoms with Crippen molar-refractivity contribution in [3.63, 3.8) is 0 Å². The number of ether oxygens (including phenoxy) is 1. The Morgan fingerprint density at radius 1 is 1.00 bits per heavy atom. The fourth-order valence-corrected chi connectivity index (χ4v) is 4.20. The Morgan fingerprint density at radius 3 is 2.50 bits per heavy atom. The van der Waals surface area contributed by atoms with Crippen LogP contribution < -0.4 is 10.1 Å². The van der Waals surface area contributed by atoms with Gasteiger partial charge in [0.15, 0.2) is 0 Å². The first-order valence-corrected chi connectivity index (χ1v) is 10.4. The molecule has 0 radical (unpaired) electrons. The molecule has 0 aliphatic heterocycles. The van der Waals surface area contributed by atoms with Crippen LogP contribution >= 0.6 is 11.3 Å². The van der Waals surface area contributed by atoms with Crippen molar-refractivity contribution in [1.82, 2.24) is 9.97 Å². The van der Waals surface area contributed by atoms with E-state index in [1.165, 1.54) is 12.8 Å². The van der Waals surface area contributed by atoms with Crippen molar-refractivity contribution in [2.24, 2.45) is 5.92 Å². The molecule has 0 spiro atoms. The largest absolute Gasteiger partial charge is 0.497 e. The molecule has 4 aromatic rings. The number of nitrogens with one attached hydrogen (secondary N) is 1. The second kappa shape index (κ2) is 7.24. The lowest BCUT2D eigenvalue weighted by molar-refractivity contribution is 0.415. The lowest BCUT2D eigenvalue weighted by atomic mass is 10.1. The summed E-state index contributed by atoms with van der Waals surface area (Å²) in [6, 6.07) is 18.7. The van der Waals surface area contributed by atoms with Gasteiger partial charge in [0.05, 0.1) is 17.3 Å². The van der Waals surface area contributed by atoms with E-state index >= 15 is 0 Å². The predicted octanol–water partition coefficient (Wildman–Crippen LogP) is 5.86. The summed E-state index contributed by atoms with van der Waals surface area (Å²) in [5, 5.41) is 4.43. The van der Waals surface area contributed by atoms with Crippen molar-refractivity contribution in [3.05, 3.63) is 60.8 Å². The number of hydrogen-bond donors (Lipinski definition) is 1. The van der Waals surface area contributed by atoms with E-state index in [-0.39, 0.29) is 0 Å². The van der Waals surface area contributed by atoms with Gasteiger partial charge in [0.2, 0.25) is 0 Å². The van der Waals surface area contributed by atoms with Crippen molar-refractivity contribution < 1.29 is 4.74 Å². The number of aromatic nitrogens is 2. The molecule has 0 amide bonds. The molecule has 2 aromatic carbocycles. The van der Waals surface area contributed by atoms with Crippen LogP contribution in [0.25, 0.3) is 31.9 Å². The molecule has 2 heterocycles. The number of hydrogen-bond acceptors (Lipinski definition) is 5. The van der Waals surface area contributed by atoms with Gasteiger partial charge in [-0.1, -0.05) is 24.3 Å². The molecule has 1 fully saturated rings. The lowest BCUT2D eigenvalue weighted by Gasteiger charge is -2.06.